The van der Waals surface area contributed by atoms with E-state index in [1.807, 2.05) is 0 Å². The summed E-state index contributed by atoms with van der Waals surface area (Å²) < 4.78 is 0. The van der Waals surface area contributed by atoms with E-state index in [-0.39, 0.29) is 5.92 Å². The average Bonchev–Trinajstić information content (AvgIpc) is 3.00. The molecule has 1 N–H and O–H groups in total. The lowest BCUT2D eigenvalue weighted by atomic mass is 9.98. The number of hydrogen-bond acceptors (Lipinski definition) is 2. The van der Waals surface area contributed by atoms with E-state index in [1.165, 1.54) is 32.1 Å². The van der Waals surface area contributed by atoms with Gasteiger partial charge >= 0.3 is 0 Å². The number of piperidine rings is 1. The molecule has 1 saturated heterocycles. The molecule has 0 aromatic carbocycles. The molecular formula is C17H32N2O. The first-order chi connectivity index (χ1) is 9.74. The predicted octanol–water partition coefficient (Wildman–Crippen LogP) is 3.19. The first kappa shape index (κ1) is 15.8. The van der Waals surface area contributed by atoms with E-state index in [4.69, 9.17) is 0 Å². The zero-order valence-electron chi connectivity index (χ0n) is 13.4. The van der Waals surface area contributed by atoms with Gasteiger partial charge in [-0.25, -0.2) is 0 Å². The number of amides is 1. The van der Waals surface area contributed by atoms with Crippen molar-refractivity contribution >= 4 is 5.91 Å². The predicted molar refractivity (Wildman–Crippen MR) is 83.6 cm³/mol. The molecule has 1 atom stereocenters. The van der Waals surface area contributed by atoms with Gasteiger partial charge in [-0.2, -0.15) is 0 Å². The second-order valence-corrected chi connectivity index (χ2v) is 6.70. The number of nitrogens with one attached hydrogen (secondary N) is 1. The Hall–Kier alpha value is -0.570. The molecule has 20 heavy (non-hydrogen) atoms. The maximum Gasteiger partial charge on any atom is 0.225 e. The fourth-order valence-electron chi connectivity index (χ4n) is 3.79. The molecule has 1 unspecified atom stereocenters. The first-order valence-corrected chi connectivity index (χ1v) is 8.76. The average molecular weight is 280 g/mol. The van der Waals surface area contributed by atoms with Crippen LogP contribution in [-0.2, 0) is 4.79 Å². The first-order valence-electron chi connectivity index (χ1n) is 8.76. The minimum atomic E-state index is 0.239. The highest BCUT2D eigenvalue weighted by Gasteiger charge is 2.27. The van der Waals surface area contributed by atoms with Gasteiger partial charge in [-0.3, -0.25) is 4.79 Å². The van der Waals surface area contributed by atoms with Crippen molar-refractivity contribution < 1.29 is 4.79 Å². The molecule has 0 bridgehead atoms. The Morgan fingerprint density at radius 2 is 1.85 bits per heavy atom. The van der Waals surface area contributed by atoms with Gasteiger partial charge in [-0.1, -0.05) is 26.7 Å². The van der Waals surface area contributed by atoms with Crippen LogP contribution in [0.2, 0.25) is 0 Å². The number of carbonyl (C=O) groups excluding carboxylic acids is 1. The molecule has 0 aromatic rings. The van der Waals surface area contributed by atoms with E-state index in [2.05, 4.69) is 24.1 Å². The maximum absolute atomic E-state index is 12.5. The molecule has 3 nitrogen and oxygen atoms in total. The summed E-state index contributed by atoms with van der Waals surface area (Å²) in [5, 5.41) is 3.73. The third kappa shape index (κ3) is 4.21. The highest BCUT2D eigenvalue weighted by molar-refractivity contribution is 5.78. The van der Waals surface area contributed by atoms with Crippen molar-refractivity contribution in [2.24, 2.45) is 11.8 Å². The summed E-state index contributed by atoms with van der Waals surface area (Å²) in [6.45, 7) is 7.33. The van der Waals surface area contributed by atoms with Gasteiger partial charge in [0, 0.05) is 25.0 Å². The van der Waals surface area contributed by atoms with Crippen LogP contribution in [0.5, 0.6) is 0 Å². The number of likely N-dealkylation sites (tertiary alicyclic amines) is 1. The summed E-state index contributed by atoms with van der Waals surface area (Å²) in [4.78, 5) is 14.6. The molecule has 2 aliphatic rings. The van der Waals surface area contributed by atoms with Gasteiger partial charge < -0.3 is 10.2 Å². The van der Waals surface area contributed by atoms with E-state index in [1.54, 1.807) is 0 Å². The van der Waals surface area contributed by atoms with E-state index in [9.17, 15) is 4.79 Å². The molecule has 2 fully saturated rings. The van der Waals surface area contributed by atoms with Crippen molar-refractivity contribution in [2.75, 3.05) is 19.6 Å². The van der Waals surface area contributed by atoms with Crippen LogP contribution >= 0.6 is 0 Å². The molecule has 116 valence electrons. The van der Waals surface area contributed by atoms with Crippen LogP contribution in [0.3, 0.4) is 0 Å². The van der Waals surface area contributed by atoms with Gasteiger partial charge in [0.15, 0.2) is 0 Å². The third-order valence-corrected chi connectivity index (χ3v) is 5.24. The van der Waals surface area contributed by atoms with Crippen LogP contribution in [0.25, 0.3) is 0 Å². The zero-order valence-corrected chi connectivity index (χ0v) is 13.4. The molecule has 0 aromatic heterocycles. The molecule has 2 rings (SSSR count). The third-order valence-electron chi connectivity index (χ3n) is 5.24. The van der Waals surface area contributed by atoms with Crippen molar-refractivity contribution in [3.63, 3.8) is 0 Å². The van der Waals surface area contributed by atoms with Crippen molar-refractivity contribution in [2.45, 2.75) is 71.3 Å². The van der Waals surface area contributed by atoms with Crippen molar-refractivity contribution in [3.8, 4) is 0 Å². The van der Waals surface area contributed by atoms with Crippen LogP contribution in [0, 0.1) is 11.8 Å². The Labute approximate surface area is 124 Å². The Bertz CT molecular complexity index is 295. The summed E-state index contributed by atoms with van der Waals surface area (Å²) >= 11 is 0. The number of nitrogens with zero attached hydrogens (tertiary/aromatic N) is 1. The van der Waals surface area contributed by atoms with Crippen molar-refractivity contribution in [1.29, 1.82) is 0 Å². The largest absolute Gasteiger partial charge is 0.341 e. The minimum absolute atomic E-state index is 0.239. The maximum atomic E-state index is 12.5. The molecular weight excluding hydrogens is 248 g/mol. The molecule has 1 aliphatic heterocycles. The van der Waals surface area contributed by atoms with Gasteiger partial charge in [0.1, 0.15) is 0 Å². The van der Waals surface area contributed by atoms with E-state index in [0.29, 0.717) is 11.9 Å². The summed E-state index contributed by atoms with van der Waals surface area (Å²) in [7, 11) is 0. The summed E-state index contributed by atoms with van der Waals surface area (Å²) in [5.74, 6) is 1.52. The Kier molecular flexibility index (Phi) is 6.34. The summed E-state index contributed by atoms with van der Waals surface area (Å²) in [6, 6.07) is 0.530. The van der Waals surface area contributed by atoms with Gasteiger partial charge in [0.2, 0.25) is 5.91 Å². The molecule has 0 radical (unpaired) electrons. The quantitative estimate of drug-likeness (QED) is 0.810. The van der Waals surface area contributed by atoms with Crippen LogP contribution in [0.1, 0.15) is 65.2 Å². The second kappa shape index (κ2) is 8.02. The highest BCUT2D eigenvalue weighted by Crippen LogP contribution is 2.24. The smallest absolute Gasteiger partial charge is 0.225 e. The van der Waals surface area contributed by atoms with Crippen LogP contribution < -0.4 is 5.32 Å². The van der Waals surface area contributed by atoms with E-state index < -0.39 is 0 Å². The monoisotopic (exact) mass is 280 g/mol. The van der Waals surface area contributed by atoms with Crippen LogP contribution in [0.4, 0.5) is 0 Å². The van der Waals surface area contributed by atoms with Crippen LogP contribution in [0.15, 0.2) is 0 Å². The fraction of sp³-hybridized carbons (Fsp3) is 0.941. The molecule has 1 heterocycles. The lowest BCUT2D eigenvalue weighted by molar-refractivity contribution is -0.137. The molecule has 1 amide bonds. The lowest BCUT2D eigenvalue weighted by Gasteiger charge is -2.35. The number of hydrogen-bond donors (Lipinski definition) is 1. The zero-order chi connectivity index (χ0) is 14.4. The van der Waals surface area contributed by atoms with Gasteiger partial charge in [-0.05, 0) is 51.0 Å². The fourth-order valence-corrected chi connectivity index (χ4v) is 3.79. The van der Waals surface area contributed by atoms with Crippen molar-refractivity contribution in [1.82, 2.24) is 10.2 Å². The normalized spacial score (nSPS) is 24.6. The van der Waals surface area contributed by atoms with Gasteiger partial charge in [0.25, 0.3) is 0 Å². The molecule has 3 heteroatoms. The van der Waals surface area contributed by atoms with E-state index in [0.717, 1.165) is 44.8 Å². The topological polar surface area (TPSA) is 32.3 Å². The molecule has 1 aliphatic carbocycles. The van der Waals surface area contributed by atoms with Gasteiger partial charge in [0.05, 0.1) is 0 Å². The highest BCUT2D eigenvalue weighted by atomic mass is 16.2. The van der Waals surface area contributed by atoms with Crippen LogP contribution in [-0.4, -0.2) is 36.5 Å². The Morgan fingerprint density at radius 3 is 2.50 bits per heavy atom. The Morgan fingerprint density at radius 1 is 1.15 bits per heavy atom. The Balaban J connectivity index is 1.77. The SMILES string of the molecule is CCC(CC)C(=O)N1CCCC(NCC2CCCC2)C1. The second-order valence-electron chi connectivity index (χ2n) is 6.70. The number of carbonyl (C=O) groups is 1. The summed E-state index contributed by atoms with van der Waals surface area (Å²) in [6.07, 6.45) is 9.98. The number of rotatable bonds is 6. The lowest BCUT2D eigenvalue weighted by Crippen LogP contribution is -2.50. The summed E-state index contributed by atoms with van der Waals surface area (Å²) in [5.41, 5.74) is 0. The molecule has 0 spiro atoms. The minimum Gasteiger partial charge on any atom is -0.341 e. The van der Waals surface area contributed by atoms with Gasteiger partial charge in [-0.15, -0.1) is 0 Å². The van der Waals surface area contributed by atoms with E-state index >= 15 is 0 Å². The standard InChI is InChI=1S/C17H32N2O/c1-3-15(4-2)17(20)19-11-7-10-16(13-19)18-12-14-8-5-6-9-14/h14-16,18H,3-13H2,1-2H3. The van der Waals surface area contributed by atoms with Crippen molar-refractivity contribution in [3.05, 3.63) is 0 Å². The molecule has 1 saturated carbocycles.